The predicted octanol–water partition coefficient (Wildman–Crippen LogP) is 3.70. The molecule has 0 radical (unpaired) electrons. The summed E-state index contributed by atoms with van der Waals surface area (Å²) in [5.41, 5.74) is 1.14. The van der Waals surface area contributed by atoms with Gasteiger partial charge in [0.05, 0.1) is 6.61 Å². The van der Waals surface area contributed by atoms with Crippen LogP contribution in [-0.2, 0) is 18.8 Å². The Morgan fingerprint density at radius 1 is 1.39 bits per heavy atom. The molecule has 0 unspecified atom stereocenters. The highest BCUT2D eigenvalue weighted by Crippen LogP contribution is 2.25. The number of hydrogen-bond acceptors (Lipinski definition) is 2. The number of aryl methyl sites for hydroxylation is 1. The van der Waals surface area contributed by atoms with Crippen molar-refractivity contribution in [3.8, 4) is 5.75 Å². The fourth-order valence-corrected chi connectivity index (χ4v) is 2.53. The van der Waals surface area contributed by atoms with Crippen molar-refractivity contribution in [1.29, 1.82) is 0 Å². The average molecular weight is 374 g/mol. The van der Waals surface area contributed by atoms with Gasteiger partial charge in [0.15, 0.2) is 0 Å². The Morgan fingerprint density at radius 2 is 2.22 bits per heavy atom. The second kappa shape index (κ2) is 6.38. The van der Waals surface area contributed by atoms with E-state index in [9.17, 15) is 0 Å². The summed E-state index contributed by atoms with van der Waals surface area (Å²) in [6.07, 6.45) is 4.55. The molecule has 1 heterocycles. The maximum atomic E-state index is 5.81. The normalized spacial score (nSPS) is 10.6. The summed E-state index contributed by atoms with van der Waals surface area (Å²) in [4.78, 5) is 4.27. The third kappa shape index (κ3) is 3.36. The van der Waals surface area contributed by atoms with Crippen LogP contribution < -0.4 is 4.74 Å². The number of aromatic nitrogens is 2. The van der Waals surface area contributed by atoms with Gasteiger partial charge < -0.3 is 9.30 Å². The molecule has 1 aromatic heterocycles. The van der Waals surface area contributed by atoms with Gasteiger partial charge in [0.25, 0.3) is 0 Å². The van der Waals surface area contributed by atoms with Gasteiger partial charge in [0.1, 0.15) is 11.6 Å². The van der Waals surface area contributed by atoms with Crippen LogP contribution in [0.5, 0.6) is 5.75 Å². The molecule has 0 N–H and O–H groups in total. The van der Waals surface area contributed by atoms with E-state index in [0.29, 0.717) is 6.61 Å². The number of ether oxygens (including phenoxy) is 1. The van der Waals surface area contributed by atoms with Gasteiger partial charge in [-0.3, -0.25) is 0 Å². The molecule has 0 bridgehead atoms. The molecule has 0 saturated carbocycles. The van der Waals surface area contributed by atoms with Gasteiger partial charge in [-0.05, 0) is 18.2 Å². The zero-order valence-electron chi connectivity index (χ0n) is 10.1. The molecule has 0 amide bonds. The van der Waals surface area contributed by atoms with Crippen LogP contribution in [0.25, 0.3) is 0 Å². The van der Waals surface area contributed by atoms with Crippen molar-refractivity contribution in [2.24, 2.45) is 7.05 Å². The van der Waals surface area contributed by atoms with E-state index < -0.39 is 0 Å². The van der Waals surface area contributed by atoms with Gasteiger partial charge in [-0.15, -0.1) is 0 Å². The number of benzene rings is 1. The van der Waals surface area contributed by atoms with Crippen molar-refractivity contribution in [1.82, 2.24) is 9.55 Å². The maximum Gasteiger partial charge on any atom is 0.123 e. The molecular formula is C13H14Br2N2O. The van der Waals surface area contributed by atoms with Crippen molar-refractivity contribution in [2.45, 2.75) is 11.8 Å². The Morgan fingerprint density at radius 3 is 2.89 bits per heavy atom. The molecule has 2 aromatic rings. The van der Waals surface area contributed by atoms with Crippen LogP contribution in [0.2, 0.25) is 0 Å². The first kappa shape index (κ1) is 13.6. The second-order valence-electron chi connectivity index (χ2n) is 3.94. The summed E-state index contributed by atoms with van der Waals surface area (Å²) < 4.78 is 8.88. The van der Waals surface area contributed by atoms with E-state index in [-0.39, 0.29) is 0 Å². The Hall–Kier alpha value is -0.810. The van der Waals surface area contributed by atoms with E-state index in [2.05, 4.69) is 42.9 Å². The highest BCUT2D eigenvalue weighted by Gasteiger charge is 2.05. The number of imidazole rings is 1. The van der Waals surface area contributed by atoms with Crippen LogP contribution in [0.15, 0.2) is 35.1 Å². The summed E-state index contributed by atoms with van der Waals surface area (Å²) in [6, 6.07) is 6.03. The summed E-state index contributed by atoms with van der Waals surface area (Å²) in [7, 11) is 1.99. The topological polar surface area (TPSA) is 27.1 Å². The first-order valence-corrected chi connectivity index (χ1v) is 7.55. The molecule has 3 nitrogen and oxygen atoms in total. The molecular weight excluding hydrogens is 360 g/mol. The molecule has 1 aromatic carbocycles. The third-order valence-corrected chi connectivity index (χ3v) is 3.77. The minimum absolute atomic E-state index is 0.631. The van der Waals surface area contributed by atoms with Crippen molar-refractivity contribution < 1.29 is 4.74 Å². The van der Waals surface area contributed by atoms with Crippen molar-refractivity contribution in [3.63, 3.8) is 0 Å². The SMILES string of the molecule is Cn1ccnc1CCOc1ccc(Br)cc1CBr. The quantitative estimate of drug-likeness (QED) is 0.747. The van der Waals surface area contributed by atoms with Gasteiger partial charge in [-0.1, -0.05) is 31.9 Å². The van der Waals surface area contributed by atoms with Crippen LogP contribution >= 0.6 is 31.9 Å². The third-order valence-electron chi connectivity index (χ3n) is 2.67. The van der Waals surface area contributed by atoms with Crippen LogP contribution in [0, 0.1) is 0 Å². The lowest BCUT2D eigenvalue weighted by molar-refractivity contribution is 0.315. The van der Waals surface area contributed by atoms with Crippen molar-refractivity contribution in [2.75, 3.05) is 6.61 Å². The lowest BCUT2D eigenvalue weighted by Gasteiger charge is -2.10. The van der Waals surface area contributed by atoms with E-state index in [1.807, 2.05) is 29.9 Å². The standard InChI is InChI=1S/C13H14Br2N2O/c1-17-6-5-16-13(17)4-7-18-12-3-2-11(15)8-10(12)9-14/h2-3,5-6,8H,4,7,9H2,1H3. The molecule has 96 valence electrons. The smallest absolute Gasteiger partial charge is 0.123 e. The number of nitrogens with zero attached hydrogens (tertiary/aromatic N) is 2. The summed E-state index contributed by atoms with van der Waals surface area (Å²) in [6.45, 7) is 0.631. The second-order valence-corrected chi connectivity index (χ2v) is 5.41. The van der Waals surface area contributed by atoms with Crippen molar-refractivity contribution >= 4 is 31.9 Å². The fraction of sp³-hybridized carbons (Fsp3) is 0.308. The molecule has 0 atom stereocenters. The largest absolute Gasteiger partial charge is 0.493 e. The van der Waals surface area contributed by atoms with E-state index in [4.69, 9.17) is 4.74 Å². The van der Waals surface area contributed by atoms with Gasteiger partial charge >= 0.3 is 0 Å². The highest BCUT2D eigenvalue weighted by molar-refractivity contribution is 9.10. The van der Waals surface area contributed by atoms with Crippen molar-refractivity contribution in [3.05, 3.63) is 46.5 Å². The molecule has 0 fully saturated rings. The summed E-state index contributed by atoms with van der Waals surface area (Å²) in [5, 5.41) is 0.782. The number of alkyl halides is 1. The van der Waals surface area contributed by atoms with Gasteiger partial charge in [-0.2, -0.15) is 0 Å². The average Bonchev–Trinajstić information content (AvgIpc) is 2.77. The first-order valence-electron chi connectivity index (χ1n) is 5.64. The lowest BCUT2D eigenvalue weighted by Crippen LogP contribution is -2.07. The number of hydrogen-bond donors (Lipinski definition) is 0. The van der Waals surface area contributed by atoms with Crippen LogP contribution in [-0.4, -0.2) is 16.2 Å². The minimum atomic E-state index is 0.631. The van der Waals surface area contributed by atoms with E-state index in [0.717, 1.165) is 33.4 Å². The van der Waals surface area contributed by atoms with Gasteiger partial charge in [-0.25, -0.2) is 4.98 Å². The molecule has 5 heteroatoms. The molecule has 0 spiro atoms. The zero-order chi connectivity index (χ0) is 13.0. The summed E-state index contributed by atoms with van der Waals surface area (Å²) in [5.74, 6) is 1.96. The zero-order valence-corrected chi connectivity index (χ0v) is 13.2. The molecule has 0 saturated heterocycles. The Balaban J connectivity index is 1.96. The Labute approximate surface area is 123 Å². The van der Waals surface area contributed by atoms with E-state index in [1.54, 1.807) is 6.20 Å². The van der Waals surface area contributed by atoms with Gasteiger partial charge in [0, 0.05) is 41.2 Å². The molecule has 0 aliphatic carbocycles. The lowest BCUT2D eigenvalue weighted by atomic mass is 10.2. The van der Waals surface area contributed by atoms with Gasteiger partial charge in [0.2, 0.25) is 0 Å². The van der Waals surface area contributed by atoms with Crippen LogP contribution in [0.4, 0.5) is 0 Å². The van der Waals surface area contributed by atoms with E-state index in [1.165, 1.54) is 0 Å². The Kier molecular flexibility index (Phi) is 4.83. The maximum absolute atomic E-state index is 5.81. The number of halogens is 2. The monoisotopic (exact) mass is 372 g/mol. The van der Waals surface area contributed by atoms with Crippen LogP contribution in [0.3, 0.4) is 0 Å². The summed E-state index contributed by atoms with van der Waals surface area (Å²) >= 11 is 6.92. The predicted molar refractivity (Wildman–Crippen MR) is 79.2 cm³/mol. The molecule has 0 aliphatic heterocycles. The number of rotatable bonds is 5. The molecule has 18 heavy (non-hydrogen) atoms. The highest BCUT2D eigenvalue weighted by atomic mass is 79.9. The molecule has 2 rings (SSSR count). The Bertz CT molecular complexity index is 525. The van der Waals surface area contributed by atoms with E-state index >= 15 is 0 Å². The van der Waals surface area contributed by atoms with Crippen LogP contribution in [0.1, 0.15) is 11.4 Å². The molecule has 0 aliphatic rings. The fourth-order valence-electron chi connectivity index (χ4n) is 1.68. The minimum Gasteiger partial charge on any atom is -0.493 e. The first-order chi connectivity index (χ1) is 8.70.